The lowest BCUT2D eigenvalue weighted by atomic mass is 10.0. The van der Waals surface area contributed by atoms with Gasteiger partial charge in [-0.25, -0.2) is 0 Å². The van der Waals surface area contributed by atoms with Crippen LogP contribution < -0.4 is 5.73 Å². The lowest BCUT2D eigenvalue weighted by Gasteiger charge is -2.25. The van der Waals surface area contributed by atoms with Crippen LogP contribution >= 0.6 is 0 Å². The molecule has 0 amide bonds. The molecule has 0 aliphatic rings. The van der Waals surface area contributed by atoms with Gasteiger partial charge in [0.25, 0.3) is 5.69 Å². The number of nitro groups is 1. The Balaban J connectivity index is 3.04. The van der Waals surface area contributed by atoms with Gasteiger partial charge >= 0.3 is 12.1 Å². The first kappa shape index (κ1) is 14.3. The first-order valence-corrected chi connectivity index (χ1v) is 4.52. The Bertz CT molecular complexity index is 443. The van der Waals surface area contributed by atoms with Crippen molar-refractivity contribution < 1.29 is 26.9 Å². The Morgan fingerprint density at radius 3 is 1.89 bits per heavy atom. The van der Waals surface area contributed by atoms with E-state index in [-0.39, 0.29) is 0 Å². The number of non-ortho nitro benzene ring substituents is 1. The molecule has 9 heteroatoms. The molecule has 0 unspecified atom stereocenters. The molecular formula is C9H7F5N2O2. The number of nitrogens with zero attached hydrogens (tertiary/aromatic N) is 1. The van der Waals surface area contributed by atoms with Gasteiger partial charge in [-0.2, -0.15) is 22.0 Å². The second-order valence-corrected chi connectivity index (χ2v) is 3.45. The molecule has 1 atom stereocenters. The van der Waals surface area contributed by atoms with E-state index < -0.39 is 34.3 Å². The normalized spacial score (nSPS) is 14.3. The molecule has 0 aliphatic heterocycles. The van der Waals surface area contributed by atoms with E-state index in [0.717, 1.165) is 24.3 Å². The third-order valence-electron chi connectivity index (χ3n) is 2.23. The SMILES string of the molecule is N[C@H](c1ccc([N+](=O)[O-])cc1)C(F)(F)C(F)(F)F. The zero-order valence-corrected chi connectivity index (χ0v) is 8.62. The molecule has 0 radical (unpaired) electrons. The van der Waals surface area contributed by atoms with Crippen LogP contribution in [0, 0.1) is 10.1 Å². The van der Waals surface area contributed by atoms with E-state index in [1.54, 1.807) is 0 Å². The monoisotopic (exact) mass is 270 g/mol. The lowest BCUT2D eigenvalue weighted by Crippen LogP contribution is -2.45. The van der Waals surface area contributed by atoms with Crippen molar-refractivity contribution in [2.45, 2.75) is 18.1 Å². The summed E-state index contributed by atoms with van der Waals surface area (Å²) < 4.78 is 61.9. The second kappa shape index (κ2) is 4.48. The van der Waals surface area contributed by atoms with Crippen LogP contribution in [0.25, 0.3) is 0 Å². The standard InChI is InChI=1S/C9H7F5N2O2/c10-8(11,9(12,13)14)7(15)5-1-3-6(4-2-5)16(17)18/h1-4,7H,15H2/t7-/m1/s1. The molecule has 0 saturated carbocycles. The van der Waals surface area contributed by atoms with E-state index in [2.05, 4.69) is 0 Å². The first-order chi connectivity index (χ1) is 8.07. The van der Waals surface area contributed by atoms with Crippen LogP contribution in [0.3, 0.4) is 0 Å². The summed E-state index contributed by atoms with van der Waals surface area (Å²) >= 11 is 0. The van der Waals surface area contributed by atoms with Gasteiger partial charge in [-0.05, 0) is 5.56 Å². The van der Waals surface area contributed by atoms with Gasteiger partial charge < -0.3 is 5.73 Å². The number of hydrogen-bond acceptors (Lipinski definition) is 3. The van der Waals surface area contributed by atoms with E-state index in [1.807, 2.05) is 0 Å². The topological polar surface area (TPSA) is 69.2 Å². The van der Waals surface area contributed by atoms with Crippen molar-refractivity contribution in [3.8, 4) is 0 Å². The number of hydrogen-bond donors (Lipinski definition) is 1. The highest BCUT2D eigenvalue weighted by molar-refractivity contribution is 5.35. The smallest absolute Gasteiger partial charge is 0.319 e. The van der Waals surface area contributed by atoms with Gasteiger partial charge in [0.1, 0.15) is 6.04 Å². The maximum absolute atomic E-state index is 12.9. The van der Waals surface area contributed by atoms with Gasteiger partial charge in [0.2, 0.25) is 0 Å². The van der Waals surface area contributed by atoms with Crippen LogP contribution in [0.1, 0.15) is 11.6 Å². The lowest BCUT2D eigenvalue weighted by molar-refractivity contribution is -0.384. The van der Waals surface area contributed by atoms with Crippen LogP contribution in [-0.4, -0.2) is 17.0 Å². The highest BCUT2D eigenvalue weighted by atomic mass is 19.4. The largest absolute Gasteiger partial charge is 0.455 e. The summed E-state index contributed by atoms with van der Waals surface area (Å²) in [4.78, 5) is 9.48. The third kappa shape index (κ3) is 2.55. The van der Waals surface area contributed by atoms with Crippen molar-refractivity contribution in [3.05, 3.63) is 39.9 Å². The minimum absolute atomic E-state index is 0.429. The molecule has 1 rings (SSSR count). The van der Waals surface area contributed by atoms with E-state index in [9.17, 15) is 32.1 Å². The number of nitro benzene ring substituents is 1. The van der Waals surface area contributed by atoms with Gasteiger partial charge in [0.05, 0.1) is 4.92 Å². The van der Waals surface area contributed by atoms with E-state index in [4.69, 9.17) is 5.73 Å². The van der Waals surface area contributed by atoms with Crippen molar-refractivity contribution in [2.24, 2.45) is 5.73 Å². The molecular weight excluding hydrogens is 263 g/mol. The molecule has 0 spiro atoms. The van der Waals surface area contributed by atoms with Crippen molar-refractivity contribution >= 4 is 5.69 Å². The van der Waals surface area contributed by atoms with Gasteiger partial charge in [-0.15, -0.1) is 0 Å². The van der Waals surface area contributed by atoms with Crippen molar-refractivity contribution in [1.82, 2.24) is 0 Å². The van der Waals surface area contributed by atoms with Gasteiger partial charge in [0.15, 0.2) is 0 Å². The summed E-state index contributed by atoms with van der Waals surface area (Å²) in [6, 6.07) is 0.534. The molecule has 0 aliphatic carbocycles. The molecule has 1 aromatic rings. The van der Waals surface area contributed by atoms with Crippen LogP contribution in [-0.2, 0) is 0 Å². The number of benzene rings is 1. The molecule has 2 N–H and O–H groups in total. The van der Waals surface area contributed by atoms with Gasteiger partial charge in [0, 0.05) is 12.1 Å². The number of alkyl halides is 5. The van der Waals surface area contributed by atoms with E-state index in [0.29, 0.717) is 0 Å². The van der Waals surface area contributed by atoms with Crippen molar-refractivity contribution in [2.75, 3.05) is 0 Å². The summed E-state index contributed by atoms with van der Waals surface area (Å²) in [6.45, 7) is 0. The Hall–Kier alpha value is -1.77. The first-order valence-electron chi connectivity index (χ1n) is 4.52. The third-order valence-corrected chi connectivity index (χ3v) is 2.23. The quantitative estimate of drug-likeness (QED) is 0.521. The molecule has 0 fully saturated rings. The summed E-state index contributed by atoms with van der Waals surface area (Å²) in [5.74, 6) is -5.11. The Morgan fingerprint density at radius 2 is 1.56 bits per heavy atom. The number of nitrogens with two attached hydrogens (primary N) is 1. The predicted octanol–water partition coefficient (Wildman–Crippen LogP) is 2.79. The van der Waals surface area contributed by atoms with E-state index >= 15 is 0 Å². The summed E-state index contributed by atoms with van der Waals surface area (Å²) in [6.07, 6.45) is -5.78. The average molecular weight is 270 g/mol. The summed E-state index contributed by atoms with van der Waals surface area (Å²) in [5, 5.41) is 10.3. The maximum atomic E-state index is 12.9. The summed E-state index contributed by atoms with van der Waals surface area (Å²) in [7, 11) is 0. The average Bonchev–Trinajstić information content (AvgIpc) is 2.26. The zero-order chi connectivity index (χ0) is 14.1. The van der Waals surface area contributed by atoms with Crippen molar-refractivity contribution in [3.63, 3.8) is 0 Å². The van der Waals surface area contributed by atoms with Gasteiger partial charge in [-0.1, -0.05) is 12.1 Å². The van der Waals surface area contributed by atoms with Crippen LogP contribution in [0.5, 0.6) is 0 Å². The molecule has 4 nitrogen and oxygen atoms in total. The second-order valence-electron chi connectivity index (χ2n) is 3.45. The van der Waals surface area contributed by atoms with Crippen LogP contribution in [0.4, 0.5) is 27.6 Å². The molecule has 0 aromatic heterocycles. The Morgan fingerprint density at radius 1 is 1.11 bits per heavy atom. The minimum atomic E-state index is -5.78. The highest BCUT2D eigenvalue weighted by Crippen LogP contribution is 2.43. The fourth-order valence-electron chi connectivity index (χ4n) is 1.19. The van der Waals surface area contributed by atoms with Gasteiger partial charge in [-0.3, -0.25) is 10.1 Å². The van der Waals surface area contributed by atoms with Crippen LogP contribution in [0.15, 0.2) is 24.3 Å². The summed E-state index contributed by atoms with van der Waals surface area (Å²) in [5.41, 5.74) is 3.88. The number of halogens is 5. The number of rotatable bonds is 3. The Labute approximate surface area is 97.3 Å². The van der Waals surface area contributed by atoms with Crippen molar-refractivity contribution in [1.29, 1.82) is 0 Å². The maximum Gasteiger partial charge on any atom is 0.455 e. The highest BCUT2D eigenvalue weighted by Gasteiger charge is 2.61. The molecule has 0 bridgehead atoms. The molecule has 0 saturated heterocycles. The minimum Gasteiger partial charge on any atom is -0.319 e. The fourth-order valence-corrected chi connectivity index (χ4v) is 1.19. The molecule has 100 valence electrons. The van der Waals surface area contributed by atoms with E-state index in [1.165, 1.54) is 0 Å². The molecule has 0 heterocycles. The fraction of sp³-hybridized carbons (Fsp3) is 0.333. The van der Waals surface area contributed by atoms with Crippen LogP contribution in [0.2, 0.25) is 0 Å². The Kier molecular flexibility index (Phi) is 3.56. The zero-order valence-electron chi connectivity index (χ0n) is 8.62. The predicted molar refractivity (Wildman–Crippen MR) is 51.0 cm³/mol. The molecule has 18 heavy (non-hydrogen) atoms. The molecule has 1 aromatic carbocycles.